The molecule has 0 aromatic heterocycles. The van der Waals surface area contributed by atoms with Crippen LogP contribution in [0.25, 0.3) is 0 Å². The Bertz CT molecular complexity index is 3460. The summed E-state index contributed by atoms with van der Waals surface area (Å²) in [5.41, 5.74) is 12.5. The number of rotatable bonds is 9. The number of benzene rings is 6. The van der Waals surface area contributed by atoms with E-state index in [1.165, 1.54) is 0 Å². The first-order valence-electron chi connectivity index (χ1n) is 35.8. The van der Waals surface area contributed by atoms with Gasteiger partial charge in [-0.05, 0) is 127 Å². The maximum atomic E-state index is 6.99. The van der Waals surface area contributed by atoms with Crippen LogP contribution in [0.4, 0.5) is 0 Å². The van der Waals surface area contributed by atoms with E-state index in [2.05, 4.69) is 228 Å². The molecule has 496 valence electrons. The summed E-state index contributed by atoms with van der Waals surface area (Å²) in [4.78, 5) is 0. The molecule has 16 aliphatic rings. The van der Waals surface area contributed by atoms with Gasteiger partial charge < -0.3 is 55.9 Å². The minimum absolute atomic E-state index is 0.0101. The van der Waals surface area contributed by atoms with Crippen molar-refractivity contribution in [2.75, 3.05) is 0 Å². The summed E-state index contributed by atoms with van der Waals surface area (Å²) in [7, 11) is -3.29. The van der Waals surface area contributed by atoms with E-state index in [0.29, 0.717) is 5.92 Å². The van der Waals surface area contributed by atoms with Gasteiger partial charge in [-0.15, -0.1) is 6.58 Å². The Hall–Kier alpha value is -5.03. The summed E-state index contributed by atoms with van der Waals surface area (Å²) in [6.07, 6.45) is 10.7. The van der Waals surface area contributed by atoms with Crippen LogP contribution in [-0.4, -0.2) is 79.3 Å². The first kappa shape index (κ1) is 68.5. The second-order valence-electron chi connectivity index (χ2n) is 31.1. The Kier molecular flexibility index (Phi) is 21.5. The van der Waals surface area contributed by atoms with E-state index in [1.54, 1.807) is 0 Å². The molecule has 6 saturated heterocycles. The maximum Gasteiger partial charge on any atom is 0.494 e. The normalized spacial score (nSPS) is 27.8. The molecule has 6 fully saturated rings. The van der Waals surface area contributed by atoms with Crippen molar-refractivity contribution in [2.45, 2.75) is 226 Å². The lowest BCUT2D eigenvalue weighted by Crippen LogP contribution is -2.48. The van der Waals surface area contributed by atoms with E-state index in [0.717, 1.165) is 143 Å². The van der Waals surface area contributed by atoms with Crippen LogP contribution >= 0.6 is 0 Å². The maximum absolute atomic E-state index is 6.99. The molecule has 13 atom stereocenters. The molecule has 6 aromatic rings. The lowest BCUT2D eigenvalue weighted by Gasteiger charge is -2.38. The molecule has 0 amide bonds. The molecular formula is C77H98B6O12. The van der Waals surface area contributed by atoms with Crippen molar-refractivity contribution in [2.24, 2.45) is 22.7 Å². The fourth-order valence-corrected chi connectivity index (χ4v) is 15.2. The predicted octanol–water partition coefficient (Wildman–Crippen LogP) is 13.4. The molecule has 0 radical (unpaired) electrons. The zero-order valence-corrected chi connectivity index (χ0v) is 58.1. The van der Waals surface area contributed by atoms with Crippen molar-refractivity contribution in [3.8, 4) is 0 Å². The largest absolute Gasteiger partial charge is 0.494 e. The molecule has 12 unspecified atom stereocenters. The van der Waals surface area contributed by atoms with Gasteiger partial charge >= 0.3 is 42.7 Å². The van der Waals surface area contributed by atoms with Gasteiger partial charge in [0.1, 0.15) is 0 Å². The van der Waals surface area contributed by atoms with Crippen LogP contribution in [0.2, 0.25) is 0 Å². The number of hydrogen-bond donors (Lipinski definition) is 0. The van der Waals surface area contributed by atoms with Crippen LogP contribution in [0.15, 0.2) is 158 Å². The summed E-state index contributed by atoms with van der Waals surface area (Å²) < 4.78 is 82.6. The van der Waals surface area contributed by atoms with E-state index in [1.807, 2.05) is 6.08 Å². The van der Waals surface area contributed by atoms with E-state index >= 15 is 0 Å². The van der Waals surface area contributed by atoms with E-state index in [-0.39, 0.29) is 90.0 Å². The van der Waals surface area contributed by atoms with Gasteiger partial charge in [0.2, 0.25) is 0 Å². The first-order valence-corrected chi connectivity index (χ1v) is 35.8. The molecule has 24 bridgehead atoms. The summed E-state index contributed by atoms with van der Waals surface area (Å²) in [5.74, 6) is 0.730. The second-order valence-corrected chi connectivity index (χ2v) is 31.1. The van der Waals surface area contributed by atoms with Gasteiger partial charge in [-0.1, -0.05) is 228 Å². The third-order valence-electron chi connectivity index (χ3n) is 20.3. The Morgan fingerprint density at radius 3 is 0.758 bits per heavy atom. The molecule has 0 N–H and O–H groups in total. The molecule has 95 heavy (non-hydrogen) atoms. The van der Waals surface area contributed by atoms with Crippen molar-refractivity contribution in [1.29, 1.82) is 0 Å². The Balaban J connectivity index is 0.814. The Labute approximate surface area is 569 Å². The van der Waals surface area contributed by atoms with Crippen LogP contribution in [-0.2, 0) is 55.9 Å². The van der Waals surface area contributed by atoms with Gasteiger partial charge in [0.25, 0.3) is 0 Å². The van der Waals surface area contributed by atoms with Gasteiger partial charge in [-0.3, -0.25) is 0 Å². The van der Waals surface area contributed by atoms with Crippen molar-refractivity contribution < 1.29 is 55.9 Å². The molecule has 0 saturated carbocycles. The quantitative estimate of drug-likeness (QED) is 0.102. The zero-order valence-electron chi connectivity index (χ0n) is 58.1. The zero-order chi connectivity index (χ0) is 66.1. The smallest absolute Gasteiger partial charge is 0.404 e. The molecule has 16 heterocycles. The van der Waals surface area contributed by atoms with E-state index in [9.17, 15) is 0 Å². The van der Waals surface area contributed by atoms with E-state index in [4.69, 9.17) is 55.9 Å². The molecular weight excluding hydrogens is 1180 g/mol. The lowest BCUT2D eigenvalue weighted by molar-refractivity contribution is 0.00302. The summed E-state index contributed by atoms with van der Waals surface area (Å²) in [6, 6.07) is 52.1. The molecule has 18 heteroatoms. The van der Waals surface area contributed by atoms with Crippen molar-refractivity contribution in [3.05, 3.63) is 192 Å². The highest BCUT2D eigenvalue weighted by atomic mass is 16.6. The van der Waals surface area contributed by atoms with Crippen LogP contribution in [0.5, 0.6) is 0 Å². The summed E-state index contributed by atoms with van der Waals surface area (Å²) in [6.45, 7) is 28.9. The van der Waals surface area contributed by atoms with Gasteiger partial charge in [-0.25, -0.2) is 0 Å². The minimum Gasteiger partial charge on any atom is -0.404 e. The monoisotopic (exact) mass is 1280 g/mol. The average Bonchev–Trinajstić information content (AvgIpc) is 0.887. The Morgan fingerprint density at radius 1 is 0.326 bits per heavy atom. The number of hydrogen-bond acceptors (Lipinski definition) is 12. The molecule has 16 aliphatic heterocycles. The fourth-order valence-electron chi connectivity index (χ4n) is 15.2. The van der Waals surface area contributed by atoms with Gasteiger partial charge in [-0.2, -0.15) is 0 Å². The van der Waals surface area contributed by atoms with Crippen LogP contribution in [0.1, 0.15) is 223 Å². The third kappa shape index (κ3) is 17.0. The highest BCUT2D eigenvalue weighted by molar-refractivity contribution is 6.64. The van der Waals surface area contributed by atoms with Gasteiger partial charge in [0, 0.05) is 75.1 Å². The topological polar surface area (TPSA) is 111 Å². The molecule has 12 nitrogen and oxygen atoms in total. The summed E-state index contributed by atoms with van der Waals surface area (Å²) in [5, 5.41) is 0. The van der Waals surface area contributed by atoms with Crippen LogP contribution in [0.3, 0.4) is 0 Å². The highest BCUT2D eigenvalue weighted by Gasteiger charge is 2.45. The van der Waals surface area contributed by atoms with E-state index < -0.39 is 42.7 Å². The molecule has 0 spiro atoms. The number of allylic oxidation sites excluding steroid dienone is 1. The van der Waals surface area contributed by atoms with Gasteiger partial charge in [0.05, 0.1) is 36.6 Å². The molecule has 22 rings (SSSR count). The minimum atomic E-state index is -0.571. The third-order valence-corrected chi connectivity index (χ3v) is 20.3. The SMILES string of the molecule is C=C[C@H](C)CC1CC2OB(O1)c1ccc(cc1)C1CC(CC(C)(C)C)OB(O1)c1ccc(cc1)C1CC(CC)OB(O1)c1ccc(cc1)C1CC(CC(C)(C)C)OB(O1)c1ccc(cc1)C1CC(CC(C)C)OB(O1)c1ccc(cc1)C1CC(CC)OB(O1)c1ccc2cc1. The van der Waals surface area contributed by atoms with Crippen molar-refractivity contribution in [3.63, 3.8) is 0 Å². The van der Waals surface area contributed by atoms with Crippen LogP contribution in [0, 0.1) is 22.7 Å². The molecule has 0 aliphatic carbocycles. The van der Waals surface area contributed by atoms with Crippen molar-refractivity contribution >= 4 is 75.5 Å². The molecule has 6 aromatic carbocycles. The average molecular weight is 1280 g/mol. The lowest BCUT2D eigenvalue weighted by atomic mass is 9.72. The fraction of sp³-hybridized carbons (Fsp3) is 0.506. The standard InChI is InChI=1S/C77H98B6O12/c1-13-51(6)41-67-45-73-55-20-28-58(29-21-55)78-84-64(14-2)42-70(90-78)52-16-32-60(33-17-52)80-86-66(40-50(4)5)44-72(92-80)54-22-38-63(39-23-54)83-89-68(48-76(7,8)9)46-74(94-83)56-24-30-59(31-25-56)79-85-65(15-3)43-71(91-79)53-18-36-62(37-19-53)82-88-69(49-77(10,11)12)47-75(95-82)57-26-34-61(35-27-57)81(87-67)93-73/h13,16-39,50-51,64-75H,1,14-15,40-49H2,2-12H3/t51-,64?,65?,66?,67?,68?,69?,70?,71?,72?,73?,74?,75?/m0/s1. The predicted molar refractivity (Wildman–Crippen MR) is 383 cm³/mol. The second kappa shape index (κ2) is 29.8. The summed E-state index contributed by atoms with van der Waals surface area (Å²) >= 11 is 0. The van der Waals surface area contributed by atoms with Crippen LogP contribution < -0.4 is 32.8 Å². The highest BCUT2D eigenvalue weighted by Crippen LogP contribution is 2.41. The van der Waals surface area contributed by atoms with Gasteiger partial charge in [0.15, 0.2) is 0 Å². The Morgan fingerprint density at radius 2 is 0.537 bits per heavy atom. The first-order chi connectivity index (χ1) is 45.7. The van der Waals surface area contributed by atoms with Crippen molar-refractivity contribution in [1.82, 2.24) is 0 Å².